The predicted molar refractivity (Wildman–Crippen MR) is 107 cm³/mol. The van der Waals surface area contributed by atoms with E-state index in [0.29, 0.717) is 22.7 Å². The number of aromatic nitrogens is 2. The summed E-state index contributed by atoms with van der Waals surface area (Å²) in [6.45, 7) is -3.07. The van der Waals surface area contributed by atoms with Crippen LogP contribution in [0.4, 0.5) is 8.78 Å². The fourth-order valence-electron chi connectivity index (χ4n) is 3.23. The average molecular weight is 433 g/mol. The summed E-state index contributed by atoms with van der Waals surface area (Å²) in [6.07, 6.45) is 4.97. The second-order valence-corrected chi connectivity index (χ2v) is 6.98. The van der Waals surface area contributed by atoms with E-state index in [0.717, 1.165) is 12.8 Å². The van der Waals surface area contributed by atoms with Gasteiger partial charge in [0.25, 0.3) is 5.91 Å². The van der Waals surface area contributed by atoms with E-state index in [9.17, 15) is 13.6 Å². The van der Waals surface area contributed by atoms with E-state index >= 15 is 0 Å². The van der Waals surface area contributed by atoms with E-state index in [1.54, 1.807) is 35.0 Å². The number of hydrogen-bond donors (Lipinski definition) is 2. The first kappa shape index (κ1) is 20.9. The van der Waals surface area contributed by atoms with E-state index in [1.165, 1.54) is 13.2 Å². The molecule has 0 aliphatic heterocycles. The van der Waals surface area contributed by atoms with Crippen LogP contribution in [0.3, 0.4) is 0 Å². The first-order valence-corrected chi connectivity index (χ1v) is 9.69. The van der Waals surface area contributed by atoms with Gasteiger partial charge < -0.3 is 24.6 Å². The SMILES string of the molecule is COc1cc(-c2cnc3cc(OCCO)ccn23)cc(OC(F)F)c1C(=O)NC1CC1. The summed E-state index contributed by atoms with van der Waals surface area (Å²) in [5.74, 6) is -0.153. The Morgan fingerprint density at radius 2 is 2.10 bits per heavy atom. The molecule has 1 saturated carbocycles. The number of aliphatic hydroxyl groups is 1. The van der Waals surface area contributed by atoms with Gasteiger partial charge in [-0.15, -0.1) is 0 Å². The monoisotopic (exact) mass is 433 g/mol. The van der Waals surface area contributed by atoms with Crippen molar-refractivity contribution in [1.82, 2.24) is 14.7 Å². The highest BCUT2D eigenvalue weighted by Gasteiger charge is 2.29. The van der Waals surface area contributed by atoms with Crippen molar-refractivity contribution in [2.24, 2.45) is 0 Å². The molecule has 1 aromatic carbocycles. The van der Waals surface area contributed by atoms with Crippen molar-refractivity contribution in [3.8, 4) is 28.5 Å². The number of benzene rings is 1. The number of ether oxygens (including phenoxy) is 3. The second kappa shape index (κ2) is 8.76. The molecule has 1 fully saturated rings. The number of methoxy groups -OCH3 is 1. The quantitative estimate of drug-likeness (QED) is 0.539. The highest BCUT2D eigenvalue weighted by Crippen LogP contribution is 2.37. The summed E-state index contributed by atoms with van der Waals surface area (Å²) in [7, 11) is 1.36. The Bertz CT molecular complexity index is 1100. The predicted octanol–water partition coefficient (Wildman–Crippen LogP) is 2.87. The van der Waals surface area contributed by atoms with Gasteiger partial charge in [0.2, 0.25) is 0 Å². The van der Waals surface area contributed by atoms with Crippen molar-refractivity contribution in [2.75, 3.05) is 20.3 Å². The standard InChI is InChI=1S/C21H21F2N3O5/c1-29-16-8-12(9-17(31-21(22)23)19(16)20(28)25-13-2-3-13)15-11-24-18-10-14(30-7-6-27)4-5-26(15)18/h4-5,8-11,13,21,27H,2-3,6-7H2,1H3,(H,25,28). The molecule has 0 spiro atoms. The van der Waals surface area contributed by atoms with Crippen molar-refractivity contribution >= 4 is 11.6 Å². The first-order chi connectivity index (χ1) is 15.0. The molecule has 0 atom stereocenters. The summed E-state index contributed by atoms with van der Waals surface area (Å²) >= 11 is 0. The van der Waals surface area contributed by atoms with E-state index in [1.807, 2.05) is 0 Å². The lowest BCUT2D eigenvalue weighted by atomic mass is 10.1. The van der Waals surface area contributed by atoms with Crippen molar-refractivity contribution in [3.05, 3.63) is 42.2 Å². The van der Waals surface area contributed by atoms with Crippen molar-refractivity contribution in [3.63, 3.8) is 0 Å². The number of rotatable bonds is 9. The molecular weight excluding hydrogens is 412 g/mol. The largest absolute Gasteiger partial charge is 0.496 e. The molecule has 2 heterocycles. The Morgan fingerprint density at radius 1 is 1.32 bits per heavy atom. The highest BCUT2D eigenvalue weighted by molar-refractivity contribution is 6.01. The minimum Gasteiger partial charge on any atom is -0.496 e. The number of amides is 1. The Morgan fingerprint density at radius 3 is 2.77 bits per heavy atom. The van der Waals surface area contributed by atoms with E-state index in [4.69, 9.17) is 14.6 Å². The molecule has 4 rings (SSSR count). The van der Waals surface area contributed by atoms with Crippen molar-refractivity contribution in [1.29, 1.82) is 0 Å². The van der Waals surface area contributed by atoms with Crippen LogP contribution < -0.4 is 19.5 Å². The molecule has 3 aromatic rings. The highest BCUT2D eigenvalue weighted by atomic mass is 19.3. The number of nitrogens with one attached hydrogen (secondary N) is 1. The van der Waals surface area contributed by atoms with E-state index in [2.05, 4.69) is 15.0 Å². The molecule has 0 radical (unpaired) electrons. The van der Waals surface area contributed by atoms with Gasteiger partial charge in [-0.3, -0.25) is 9.20 Å². The van der Waals surface area contributed by atoms with Crippen LogP contribution in [0.1, 0.15) is 23.2 Å². The number of pyridine rings is 1. The lowest BCUT2D eigenvalue weighted by Crippen LogP contribution is -2.26. The minimum atomic E-state index is -3.11. The summed E-state index contributed by atoms with van der Waals surface area (Å²) in [5, 5.41) is 11.7. The van der Waals surface area contributed by atoms with Crippen LogP contribution in [0, 0.1) is 0 Å². The summed E-state index contributed by atoms with van der Waals surface area (Å²) < 4.78 is 43.3. The molecule has 1 amide bonds. The number of imidazole rings is 1. The van der Waals surface area contributed by atoms with E-state index in [-0.39, 0.29) is 36.3 Å². The molecule has 2 N–H and O–H groups in total. The lowest BCUT2D eigenvalue weighted by Gasteiger charge is -2.16. The molecule has 0 bridgehead atoms. The Balaban J connectivity index is 1.76. The van der Waals surface area contributed by atoms with Crippen molar-refractivity contribution < 1.29 is 32.9 Å². The molecule has 2 aromatic heterocycles. The Labute approximate surface area is 176 Å². The number of aliphatic hydroxyl groups excluding tert-OH is 1. The third-order valence-corrected chi connectivity index (χ3v) is 4.78. The Hall–Kier alpha value is -3.40. The Kier molecular flexibility index (Phi) is 5.90. The van der Waals surface area contributed by atoms with E-state index < -0.39 is 12.5 Å². The van der Waals surface area contributed by atoms with Gasteiger partial charge in [-0.1, -0.05) is 0 Å². The number of fused-ring (bicyclic) bond motifs is 1. The zero-order valence-corrected chi connectivity index (χ0v) is 16.7. The zero-order valence-electron chi connectivity index (χ0n) is 16.7. The van der Waals surface area contributed by atoms with Crippen LogP contribution >= 0.6 is 0 Å². The number of carbonyl (C=O) groups excluding carboxylic acids is 1. The van der Waals surface area contributed by atoms with Crippen LogP contribution in [0.2, 0.25) is 0 Å². The fraction of sp³-hybridized carbons (Fsp3) is 0.333. The summed E-state index contributed by atoms with van der Waals surface area (Å²) in [4.78, 5) is 17.0. The van der Waals surface area contributed by atoms with Gasteiger partial charge in [0, 0.05) is 23.9 Å². The number of alkyl halides is 2. The third-order valence-electron chi connectivity index (χ3n) is 4.78. The zero-order chi connectivity index (χ0) is 22.0. The fourth-order valence-corrected chi connectivity index (χ4v) is 3.23. The van der Waals surface area contributed by atoms with Crippen LogP contribution in [0.5, 0.6) is 17.2 Å². The molecule has 8 nitrogen and oxygen atoms in total. The van der Waals surface area contributed by atoms with Gasteiger partial charge >= 0.3 is 6.61 Å². The minimum absolute atomic E-state index is 0.0392. The van der Waals surface area contributed by atoms with Crippen molar-refractivity contribution in [2.45, 2.75) is 25.5 Å². The molecule has 31 heavy (non-hydrogen) atoms. The number of halogens is 2. The molecule has 10 heteroatoms. The third kappa shape index (κ3) is 4.53. The normalized spacial score (nSPS) is 13.5. The first-order valence-electron chi connectivity index (χ1n) is 9.69. The topological polar surface area (TPSA) is 94.3 Å². The summed E-state index contributed by atoms with van der Waals surface area (Å²) in [6, 6.07) is 6.37. The number of carbonyl (C=O) groups is 1. The summed E-state index contributed by atoms with van der Waals surface area (Å²) in [5.41, 5.74) is 1.53. The smallest absolute Gasteiger partial charge is 0.387 e. The van der Waals surface area contributed by atoms with Gasteiger partial charge in [-0.2, -0.15) is 8.78 Å². The molecule has 1 aliphatic rings. The van der Waals surface area contributed by atoms with Gasteiger partial charge in [-0.05, 0) is 31.0 Å². The second-order valence-electron chi connectivity index (χ2n) is 6.98. The molecular formula is C21H21F2N3O5. The van der Waals surface area contributed by atoms with Crippen LogP contribution in [-0.4, -0.2) is 53.4 Å². The van der Waals surface area contributed by atoms with Crippen LogP contribution in [-0.2, 0) is 0 Å². The maximum absolute atomic E-state index is 13.1. The molecule has 0 saturated heterocycles. The maximum atomic E-state index is 13.1. The lowest BCUT2D eigenvalue weighted by molar-refractivity contribution is -0.0502. The van der Waals surface area contributed by atoms with Gasteiger partial charge in [0.1, 0.15) is 35.1 Å². The molecule has 164 valence electrons. The van der Waals surface area contributed by atoms with Gasteiger partial charge in [0.15, 0.2) is 0 Å². The van der Waals surface area contributed by atoms with Gasteiger partial charge in [-0.25, -0.2) is 4.98 Å². The van der Waals surface area contributed by atoms with Gasteiger partial charge in [0.05, 0.1) is 25.6 Å². The van der Waals surface area contributed by atoms with Crippen LogP contribution in [0.25, 0.3) is 16.9 Å². The number of nitrogens with zero attached hydrogens (tertiary/aromatic N) is 2. The molecule has 0 unspecified atom stereocenters. The molecule has 1 aliphatic carbocycles. The average Bonchev–Trinajstić information content (AvgIpc) is 3.46. The maximum Gasteiger partial charge on any atom is 0.387 e. The number of hydrogen-bond acceptors (Lipinski definition) is 6. The van der Waals surface area contributed by atoms with Crippen LogP contribution in [0.15, 0.2) is 36.7 Å².